The standard InChI is InChI=1S/C18H23N3O2S2/c1-12(16(22)21-18(2,3)4)20-17(23)14-7-5-6-8-15(14)25-10-13-9-24-11-19-13/h5-9,11-12H,10H2,1-4H3,(H,20,23)(H,21,22). The molecule has 0 saturated carbocycles. The molecule has 0 aliphatic rings. The zero-order valence-electron chi connectivity index (χ0n) is 14.8. The van der Waals surface area contributed by atoms with E-state index in [-0.39, 0.29) is 17.4 Å². The van der Waals surface area contributed by atoms with Crippen molar-refractivity contribution < 1.29 is 9.59 Å². The van der Waals surface area contributed by atoms with E-state index in [4.69, 9.17) is 0 Å². The molecule has 0 aliphatic heterocycles. The summed E-state index contributed by atoms with van der Waals surface area (Å²) in [6.07, 6.45) is 0. The highest BCUT2D eigenvalue weighted by Gasteiger charge is 2.22. The quantitative estimate of drug-likeness (QED) is 0.756. The summed E-state index contributed by atoms with van der Waals surface area (Å²) in [5.41, 5.74) is 3.02. The fraction of sp³-hybridized carbons (Fsp3) is 0.389. The highest BCUT2D eigenvalue weighted by Crippen LogP contribution is 2.26. The number of carbonyl (C=O) groups excluding carboxylic acids is 2. The number of rotatable bonds is 6. The predicted molar refractivity (Wildman–Crippen MR) is 103 cm³/mol. The van der Waals surface area contributed by atoms with Crippen LogP contribution in [-0.4, -0.2) is 28.4 Å². The summed E-state index contributed by atoms with van der Waals surface area (Å²) in [5.74, 6) is 0.250. The molecule has 25 heavy (non-hydrogen) atoms. The summed E-state index contributed by atoms with van der Waals surface area (Å²) in [6, 6.07) is 6.79. The van der Waals surface area contributed by atoms with Gasteiger partial charge in [0.2, 0.25) is 5.91 Å². The molecule has 0 radical (unpaired) electrons. The van der Waals surface area contributed by atoms with Gasteiger partial charge in [-0.1, -0.05) is 12.1 Å². The lowest BCUT2D eigenvalue weighted by Gasteiger charge is -2.23. The number of nitrogens with zero attached hydrogens (tertiary/aromatic N) is 1. The molecule has 2 aromatic rings. The summed E-state index contributed by atoms with van der Waals surface area (Å²) in [7, 11) is 0. The molecule has 1 heterocycles. The molecule has 2 amide bonds. The lowest BCUT2D eigenvalue weighted by molar-refractivity contribution is -0.124. The van der Waals surface area contributed by atoms with E-state index in [9.17, 15) is 9.59 Å². The number of nitrogens with one attached hydrogen (secondary N) is 2. The molecule has 1 aromatic heterocycles. The molecule has 1 unspecified atom stereocenters. The van der Waals surface area contributed by atoms with Gasteiger partial charge in [0.15, 0.2) is 0 Å². The Bertz CT molecular complexity index is 724. The van der Waals surface area contributed by atoms with Gasteiger partial charge >= 0.3 is 0 Å². The van der Waals surface area contributed by atoms with Crippen LogP contribution in [0.3, 0.4) is 0 Å². The summed E-state index contributed by atoms with van der Waals surface area (Å²) in [6.45, 7) is 7.40. The first-order chi connectivity index (χ1) is 11.8. The maximum atomic E-state index is 12.6. The zero-order valence-corrected chi connectivity index (χ0v) is 16.5. The average molecular weight is 378 g/mol. The molecule has 1 atom stereocenters. The van der Waals surface area contributed by atoms with Gasteiger partial charge in [-0.2, -0.15) is 0 Å². The van der Waals surface area contributed by atoms with Crippen LogP contribution in [0.15, 0.2) is 40.1 Å². The van der Waals surface area contributed by atoms with E-state index in [2.05, 4.69) is 15.6 Å². The van der Waals surface area contributed by atoms with Gasteiger partial charge in [-0.05, 0) is 39.8 Å². The Hall–Kier alpha value is -1.86. The Labute approximate surface area is 156 Å². The third-order valence-corrected chi connectivity index (χ3v) is 4.97. The Morgan fingerprint density at radius 2 is 2.00 bits per heavy atom. The smallest absolute Gasteiger partial charge is 0.253 e. The fourth-order valence-corrected chi connectivity index (χ4v) is 3.67. The first-order valence-corrected chi connectivity index (χ1v) is 9.91. The van der Waals surface area contributed by atoms with Crippen LogP contribution in [0.5, 0.6) is 0 Å². The molecule has 1 aromatic carbocycles. The molecule has 0 fully saturated rings. The second-order valence-corrected chi connectivity index (χ2v) is 8.43. The van der Waals surface area contributed by atoms with Crippen molar-refractivity contribution in [2.75, 3.05) is 0 Å². The van der Waals surface area contributed by atoms with Crippen LogP contribution in [-0.2, 0) is 10.5 Å². The van der Waals surface area contributed by atoms with Gasteiger partial charge in [0, 0.05) is 21.6 Å². The molecule has 2 rings (SSSR count). The molecule has 134 valence electrons. The topological polar surface area (TPSA) is 71.1 Å². The van der Waals surface area contributed by atoms with Gasteiger partial charge in [0.1, 0.15) is 6.04 Å². The third kappa shape index (κ3) is 6.17. The molecular formula is C18H23N3O2S2. The van der Waals surface area contributed by atoms with Crippen molar-refractivity contribution in [1.29, 1.82) is 0 Å². The third-order valence-electron chi connectivity index (χ3n) is 3.23. The van der Waals surface area contributed by atoms with Crippen molar-refractivity contribution in [1.82, 2.24) is 15.6 Å². The van der Waals surface area contributed by atoms with Crippen LogP contribution in [0, 0.1) is 0 Å². The van der Waals surface area contributed by atoms with Crippen molar-refractivity contribution in [3.05, 3.63) is 46.4 Å². The summed E-state index contributed by atoms with van der Waals surface area (Å²) >= 11 is 3.11. The number of aromatic nitrogens is 1. The zero-order chi connectivity index (χ0) is 18.4. The Morgan fingerprint density at radius 3 is 2.64 bits per heavy atom. The second kappa shape index (κ2) is 8.49. The summed E-state index contributed by atoms with van der Waals surface area (Å²) < 4.78 is 0. The Morgan fingerprint density at radius 1 is 1.28 bits per heavy atom. The maximum absolute atomic E-state index is 12.6. The Kier molecular flexibility index (Phi) is 6.61. The van der Waals surface area contributed by atoms with Crippen molar-refractivity contribution in [2.45, 2.75) is 49.9 Å². The summed E-state index contributed by atoms with van der Waals surface area (Å²) in [5, 5.41) is 7.64. The van der Waals surface area contributed by atoms with Gasteiger partial charge in [-0.15, -0.1) is 23.1 Å². The number of carbonyl (C=O) groups is 2. The van der Waals surface area contributed by atoms with E-state index in [0.717, 1.165) is 10.6 Å². The SMILES string of the molecule is CC(NC(=O)c1ccccc1SCc1cscn1)C(=O)NC(C)(C)C. The van der Waals surface area contributed by atoms with Gasteiger partial charge in [-0.25, -0.2) is 4.98 Å². The van der Waals surface area contributed by atoms with Crippen LogP contribution in [0.1, 0.15) is 43.7 Å². The molecular weight excluding hydrogens is 354 g/mol. The largest absolute Gasteiger partial charge is 0.350 e. The lowest BCUT2D eigenvalue weighted by atomic mass is 10.1. The van der Waals surface area contributed by atoms with E-state index in [1.807, 2.05) is 44.4 Å². The molecule has 0 aliphatic carbocycles. The molecule has 2 N–H and O–H groups in total. The fourth-order valence-electron chi connectivity index (χ4n) is 2.06. The number of thioether (sulfide) groups is 1. The van der Waals surface area contributed by atoms with E-state index in [1.54, 1.807) is 41.6 Å². The first-order valence-electron chi connectivity index (χ1n) is 7.98. The average Bonchev–Trinajstić information content (AvgIpc) is 3.05. The van der Waals surface area contributed by atoms with E-state index >= 15 is 0 Å². The van der Waals surface area contributed by atoms with Gasteiger partial charge in [0.05, 0.1) is 16.8 Å². The first kappa shape index (κ1) is 19.5. The lowest BCUT2D eigenvalue weighted by Crippen LogP contribution is -2.50. The predicted octanol–water partition coefficient (Wildman–Crippen LogP) is 3.47. The molecule has 0 bridgehead atoms. The van der Waals surface area contributed by atoms with Crippen molar-refractivity contribution in [3.63, 3.8) is 0 Å². The maximum Gasteiger partial charge on any atom is 0.253 e. The number of amides is 2. The molecule has 0 spiro atoms. The second-order valence-electron chi connectivity index (χ2n) is 6.70. The van der Waals surface area contributed by atoms with Crippen LogP contribution in [0.2, 0.25) is 0 Å². The highest BCUT2D eigenvalue weighted by atomic mass is 32.2. The summed E-state index contributed by atoms with van der Waals surface area (Å²) in [4.78, 5) is 29.9. The normalized spacial score (nSPS) is 12.5. The number of hydrogen-bond donors (Lipinski definition) is 2. The van der Waals surface area contributed by atoms with Gasteiger partial charge < -0.3 is 10.6 Å². The van der Waals surface area contributed by atoms with Crippen LogP contribution in [0.25, 0.3) is 0 Å². The van der Waals surface area contributed by atoms with Gasteiger partial charge in [0.25, 0.3) is 5.91 Å². The molecule has 5 nitrogen and oxygen atoms in total. The number of thiazole rings is 1. The van der Waals surface area contributed by atoms with E-state index in [1.165, 1.54) is 0 Å². The minimum Gasteiger partial charge on any atom is -0.350 e. The van der Waals surface area contributed by atoms with E-state index < -0.39 is 6.04 Å². The van der Waals surface area contributed by atoms with Crippen LogP contribution >= 0.6 is 23.1 Å². The van der Waals surface area contributed by atoms with Crippen molar-refractivity contribution >= 4 is 34.9 Å². The van der Waals surface area contributed by atoms with Gasteiger partial charge in [-0.3, -0.25) is 9.59 Å². The molecule has 7 heteroatoms. The van der Waals surface area contributed by atoms with Crippen molar-refractivity contribution in [2.24, 2.45) is 0 Å². The van der Waals surface area contributed by atoms with Crippen LogP contribution < -0.4 is 10.6 Å². The number of hydrogen-bond acceptors (Lipinski definition) is 5. The monoisotopic (exact) mass is 377 g/mol. The minimum absolute atomic E-state index is 0.201. The van der Waals surface area contributed by atoms with E-state index in [0.29, 0.717) is 11.3 Å². The highest BCUT2D eigenvalue weighted by molar-refractivity contribution is 7.98. The molecule has 0 saturated heterocycles. The van der Waals surface area contributed by atoms with Crippen molar-refractivity contribution in [3.8, 4) is 0 Å². The number of benzene rings is 1. The van der Waals surface area contributed by atoms with Crippen LogP contribution in [0.4, 0.5) is 0 Å². The Balaban J connectivity index is 2.02. The minimum atomic E-state index is -0.608.